The molecule has 0 atom stereocenters. The van der Waals surface area contributed by atoms with E-state index in [0.29, 0.717) is 21.3 Å². The predicted molar refractivity (Wildman–Crippen MR) is 54.7 cm³/mol. The lowest BCUT2D eigenvalue weighted by atomic mass is 10.1. The van der Waals surface area contributed by atoms with Crippen LogP contribution < -0.4 is 4.74 Å². The van der Waals surface area contributed by atoms with E-state index in [-0.39, 0.29) is 12.2 Å². The highest BCUT2D eigenvalue weighted by atomic mass is 79.9. The van der Waals surface area contributed by atoms with E-state index in [1.165, 1.54) is 7.11 Å². The van der Waals surface area contributed by atoms with Gasteiger partial charge in [0.15, 0.2) is 0 Å². The Morgan fingerprint density at radius 2 is 2.29 bits per heavy atom. The molecule has 4 heteroatoms. The Hall–Kier alpha value is -1.08. The number of nitriles is 1. The molecule has 0 aliphatic carbocycles. The van der Waals surface area contributed by atoms with Gasteiger partial charge in [-0.25, -0.2) is 4.39 Å². The monoisotopic (exact) mass is 257 g/mol. The van der Waals surface area contributed by atoms with Gasteiger partial charge in [0.25, 0.3) is 0 Å². The highest BCUT2D eigenvalue weighted by molar-refractivity contribution is 9.10. The van der Waals surface area contributed by atoms with Gasteiger partial charge in [0.2, 0.25) is 0 Å². The number of halogens is 2. The van der Waals surface area contributed by atoms with Crippen LogP contribution in [0.5, 0.6) is 5.75 Å². The Labute approximate surface area is 90.4 Å². The van der Waals surface area contributed by atoms with Gasteiger partial charge in [-0.1, -0.05) is 0 Å². The van der Waals surface area contributed by atoms with Crippen LogP contribution in [0, 0.1) is 24.1 Å². The first-order chi connectivity index (χ1) is 6.61. The van der Waals surface area contributed by atoms with Crippen LogP contribution in [0.1, 0.15) is 11.1 Å². The van der Waals surface area contributed by atoms with Gasteiger partial charge in [0.05, 0.1) is 24.1 Å². The highest BCUT2D eigenvalue weighted by Gasteiger charge is 2.15. The fraction of sp³-hybridized carbons (Fsp3) is 0.300. The van der Waals surface area contributed by atoms with Crippen LogP contribution >= 0.6 is 15.9 Å². The number of benzene rings is 1. The molecule has 74 valence electrons. The molecule has 1 rings (SSSR count). The summed E-state index contributed by atoms with van der Waals surface area (Å²) in [5, 5.41) is 8.56. The number of rotatable bonds is 2. The Morgan fingerprint density at radius 3 is 2.79 bits per heavy atom. The summed E-state index contributed by atoms with van der Waals surface area (Å²) in [6.07, 6.45) is 0.00921. The maximum atomic E-state index is 13.6. The molecule has 0 aliphatic rings. The summed E-state index contributed by atoms with van der Waals surface area (Å²) >= 11 is 3.26. The van der Waals surface area contributed by atoms with Crippen molar-refractivity contribution in [2.75, 3.05) is 7.11 Å². The van der Waals surface area contributed by atoms with Gasteiger partial charge in [-0.3, -0.25) is 0 Å². The number of nitrogens with zero attached hydrogens (tertiary/aromatic N) is 1. The fourth-order valence-electron chi connectivity index (χ4n) is 1.26. The van der Waals surface area contributed by atoms with Gasteiger partial charge in [0, 0.05) is 5.56 Å². The molecule has 0 radical (unpaired) electrons. The van der Waals surface area contributed by atoms with Crippen molar-refractivity contribution in [2.45, 2.75) is 13.3 Å². The molecule has 0 amide bonds. The van der Waals surface area contributed by atoms with Crippen molar-refractivity contribution in [3.63, 3.8) is 0 Å². The maximum Gasteiger partial charge on any atom is 0.140 e. The zero-order valence-corrected chi connectivity index (χ0v) is 9.48. The SMILES string of the molecule is COc1c(Br)cc(C)c(F)c1CC#N. The summed E-state index contributed by atoms with van der Waals surface area (Å²) in [4.78, 5) is 0. The Bertz CT molecular complexity index is 398. The van der Waals surface area contributed by atoms with Gasteiger partial charge < -0.3 is 4.74 Å². The van der Waals surface area contributed by atoms with Crippen LogP contribution in [-0.4, -0.2) is 7.11 Å². The number of aryl methyl sites for hydroxylation is 1. The molecule has 14 heavy (non-hydrogen) atoms. The smallest absolute Gasteiger partial charge is 0.140 e. The van der Waals surface area contributed by atoms with Gasteiger partial charge in [-0.05, 0) is 34.5 Å². The molecule has 0 saturated heterocycles. The normalized spacial score (nSPS) is 9.64. The third-order valence-corrected chi connectivity index (χ3v) is 2.49. The number of methoxy groups -OCH3 is 1. The molecule has 0 aliphatic heterocycles. The summed E-state index contributed by atoms with van der Waals surface area (Å²) < 4.78 is 19.3. The standard InChI is InChI=1S/C10H9BrFNO/c1-6-5-8(11)10(14-2)7(3-4-13)9(6)12/h5H,3H2,1-2H3. The van der Waals surface area contributed by atoms with Crippen LogP contribution in [0.2, 0.25) is 0 Å². The molecule has 0 unspecified atom stereocenters. The lowest BCUT2D eigenvalue weighted by Gasteiger charge is -2.10. The Morgan fingerprint density at radius 1 is 1.64 bits per heavy atom. The maximum absolute atomic E-state index is 13.6. The van der Waals surface area contributed by atoms with Crippen molar-refractivity contribution in [2.24, 2.45) is 0 Å². The summed E-state index contributed by atoms with van der Waals surface area (Å²) in [6, 6.07) is 3.55. The molecule has 0 N–H and O–H groups in total. The second-order valence-electron chi connectivity index (χ2n) is 2.84. The largest absolute Gasteiger partial charge is 0.495 e. The minimum Gasteiger partial charge on any atom is -0.495 e. The first-order valence-corrected chi connectivity index (χ1v) is 4.79. The highest BCUT2D eigenvalue weighted by Crippen LogP contribution is 2.33. The van der Waals surface area contributed by atoms with Crippen molar-refractivity contribution in [3.05, 3.63) is 27.5 Å². The fourth-order valence-corrected chi connectivity index (χ4v) is 2.00. The van der Waals surface area contributed by atoms with Gasteiger partial charge >= 0.3 is 0 Å². The van der Waals surface area contributed by atoms with E-state index in [1.807, 2.05) is 6.07 Å². The summed E-state index contributed by atoms with van der Waals surface area (Å²) in [6.45, 7) is 1.65. The number of ether oxygens (including phenoxy) is 1. The van der Waals surface area contributed by atoms with Crippen LogP contribution in [0.25, 0.3) is 0 Å². The van der Waals surface area contributed by atoms with Crippen molar-refractivity contribution in [3.8, 4) is 11.8 Å². The van der Waals surface area contributed by atoms with Gasteiger partial charge in [-0.2, -0.15) is 5.26 Å². The minimum absolute atomic E-state index is 0.00921. The minimum atomic E-state index is -0.369. The average molecular weight is 258 g/mol. The van der Waals surface area contributed by atoms with E-state index in [0.717, 1.165) is 0 Å². The van der Waals surface area contributed by atoms with E-state index < -0.39 is 0 Å². The van der Waals surface area contributed by atoms with Crippen LogP contribution in [0.4, 0.5) is 4.39 Å². The van der Waals surface area contributed by atoms with Gasteiger partial charge in [0.1, 0.15) is 11.6 Å². The first kappa shape index (κ1) is 11.0. The topological polar surface area (TPSA) is 33.0 Å². The Balaban J connectivity index is 3.41. The predicted octanol–water partition coefficient (Wildman–Crippen LogP) is 2.97. The van der Waals surface area contributed by atoms with E-state index in [9.17, 15) is 4.39 Å². The molecule has 1 aromatic rings. The lowest BCUT2D eigenvalue weighted by molar-refractivity contribution is 0.403. The molecular weight excluding hydrogens is 249 g/mol. The third-order valence-electron chi connectivity index (χ3n) is 1.91. The number of hydrogen-bond donors (Lipinski definition) is 0. The summed E-state index contributed by atoms with van der Waals surface area (Å²) in [5.41, 5.74) is 0.810. The molecule has 0 bridgehead atoms. The average Bonchev–Trinajstić information content (AvgIpc) is 2.14. The molecule has 0 saturated carbocycles. The summed E-state index contributed by atoms with van der Waals surface area (Å²) in [5.74, 6) is 0.0289. The first-order valence-electron chi connectivity index (χ1n) is 4.00. The number of hydrogen-bond acceptors (Lipinski definition) is 2. The van der Waals surface area contributed by atoms with Crippen molar-refractivity contribution >= 4 is 15.9 Å². The molecule has 0 aromatic heterocycles. The van der Waals surface area contributed by atoms with E-state index >= 15 is 0 Å². The third kappa shape index (κ3) is 1.88. The molecule has 2 nitrogen and oxygen atoms in total. The van der Waals surface area contributed by atoms with Crippen molar-refractivity contribution < 1.29 is 9.13 Å². The van der Waals surface area contributed by atoms with Crippen LogP contribution in [0.3, 0.4) is 0 Å². The molecular formula is C10H9BrFNO. The second kappa shape index (κ2) is 4.43. The van der Waals surface area contributed by atoms with E-state index in [2.05, 4.69) is 15.9 Å². The van der Waals surface area contributed by atoms with E-state index in [4.69, 9.17) is 10.00 Å². The zero-order valence-electron chi connectivity index (χ0n) is 7.90. The summed E-state index contributed by atoms with van der Waals surface area (Å²) in [7, 11) is 1.45. The molecule has 0 heterocycles. The van der Waals surface area contributed by atoms with E-state index in [1.54, 1.807) is 13.0 Å². The van der Waals surface area contributed by atoms with Gasteiger partial charge in [-0.15, -0.1) is 0 Å². The quantitative estimate of drug-likeness (QED) is 0.816. The molecule has 1 aromatic carbocycles. The van der Waals surface area contributed by atoms with Crippen LogP contribution in [-0.2, 0) is 6.42 Å². The van der Waals surface area contributed by atoms with Crippen molar-refractivity contribution in [1.29, 1.82) is 5.26 Å². The Kier molecular flexibility index (Phi) is 3.48. The zero-order chi connectivity index (χ0) is 10.7. The van der Waals surface area contributed by atoms with Crippen LogP contribution in [0.15, 0.2) is 10.5 Å². The lowest BCUT2D eigenvalue weighted by Crippen LogP contribution is -1.99. The van der Waals surface area contributed by atoms with Crippen molar-refractivity contribution in [1.82, 2.24) is 0 Å². The molecule has 0 fully saturated rings. The molecule has 0 spiro atoms. The second-order valence-corrected chi connectivity index (χ2v) is 3.69.